The molecule has 1 atom stereocenters. The van der Waals surface area contributed by atoms with Gasteiger partial charge in [-0.2, -0.15) is 0 Å². The van der Waals surface area contributed by atoms with Crippen LogP contribution in [0.3, 0.4) is 0 Å². The number of hydrogen-bond acceptors (Lipinski definition) is 4. The second-order valence-corrected chi connectivity index (χ2v) is 8.37. The van der Waals surface area contributed by atoms with Crippen LogP contribution in [0, 0.1) is 5.92 Å². The predicted molar refractivity (Wildman–Crippen MR) is 116 cm³/mol. The van der Waals surface area contributed by atoms with Crippen LogP contribution in [0.1, 0.15) is 50.8 Å². The summed E-state index contributed by atoms with van der Waals surface area (Å²) in [6.45, 7) is 7.96. The van der Waals surface area contributed by atoms with E-state index in [2.05, 4.69) is 36.3 Å². The highest BCUT2D eigenvalue weighted by Gasteiger charge is 2.21. The lowest BCUT2D eigenvalue weighted by Crippen LogP contribution is -2.44. The van der Waals surface area contributed by atoms with Crippen LogP contribution < -0.4 is 16.6 Å². The van der Waals surface area contributed by atoms with Gasteiger partial charge in [-0.1, -0.05) is 52.0 Å². The van der Waals surface area contributed by atoms with Crippen molar-refractivity contribution in [1.82, 2.24) is 24.0 Å². The van der Waals surface area contributed by atoms with Gasteiger partial charge >= 0.3 is 5.69 Å². The Morgan fingerprint density at radius 1 is 1.03 bits per heavy atom. The van der Waals surface area contributed by atoms with E-state index in [0.717, 1.165) is 10.1 Å². The normalized spacial score (nSPS) is 12.7. The average molecular weight is 412 g/mol. The first-order valence-corrected chi connectivity index (χ1v) is 10.1. The fourth-order valence-corrected chi connectivity index (χ4v) is 3.62. The number of carbonyl (C=O) groups excluding carboxylic acids is 1. The first-order chi connectivity index (χ1) is 14.1. The van der Waals surface area contributed by atoms with E-state index in [9.17, 15) is 14.4 Å². The predicted octanol–water partition coefficient (Wildman–Crippen LogP) is 2.07. The Balaban J connectivity index is 1.89. The van der Waals surface area contributed by atoms with E-state index < -0.39 is 11.2 Å². The summed E-state index contributed by atoms with van der Waals surface area (Å²) in [5.41, 5.74) is 1.72. The van der Waals surface area contributed by atoms with Crippen molar-refractivity contribution in [3.8, 4) is 0 Å². The smallest absolute Gasteiger partial charge is 0.332 e. The van der Waals surface area contributed by atoms with Crippen LogP contribution in [0.4, 0.5) is 0 Å². The highest BCUT2D eigenvalue weighted by atomic mass is 16.2. The van der Waals surface area contributed by atoms with Crippen LogP contribution in [0.25, 0.3) is 11.2 Å². The van der Waals surface area contributed by atoms with E-state index in [1.165, 1.54) is 16.5 Å². The zero-order valence-electron chi connectivity index (χ0n) is 18.3. The lowest BCUT2D eigenvalue weighted by molar-refractivity contribution is -0.122. The Morgan fingerprint density at radius 3 is 2.20 bits per heavy atom. The summed E-state index contributed by atoms with van der Waals surface area (Å²) >= 11 is 0. The molecule has 2 heterocycles. The van der Waals surface area contributed by atoms with Gasteiger partial charge in [0.05, 0.1) is 12.4 Å². The van der Waals surface area contributed by atoms with Crippen LogP contribution in [-0.2, 0) is 25.4 Å². The minimum atomic E-state index is -0.566. The molecule has 1 aromatic carbocycles. The minimum Gasteiger partial charge on any atom is -0.347 e. The fourth-order valence-electron chi connectivity index (χ4n) is 3.62. The molecule has 30 heavy (non-hydrogen) atoms. The molecule has 160 valence electrons. The molecule has 1 N–H and O–H groups in total. The Labute approximate surface area is 175 Å². The Hall–Kier alpha value is -3.16. The summed E-state index contributed by atoms with van der Waals surface area (Å²) in [7, 11) is 3.22. The molecule has 0 aliphatic carbocycles. The molecule has 0 aliphatic rings. The number of amides is 1. The number of nitrogens with one attached hydrogen (secondary N) is 1. The first-order valence-electron chi connectivity index (χ1n) is 10.1. The molecule has 1 unspecified atom stereocenters. The first kappa shape index (κ1) is 21.5. The maximum atomic E-state index is 12.8. The van der Waals surface area contributed by atoms with Crippen molar-refractivity contribution >= 4 is 17.1 Å². The molecule has 0 aliphatic heterocycles. The topological polar surface area (TPSA) is 90.9 Å². The van der Waals surface area contributed by atoms with Crippen molar-refractivity contribution in [3.63, 3.8) is 0 Å². The van der Waals surface area contributed by atoms with Gasteiger partial charge in [0.25, 0.3) is 5.56 Å². The van der Waals surface area contributed by atoms with Crippen LogP contribution in [-0.4, -0.2) is 24.6 Å². The molecule has 0 spiro atoms. The lowest BCUT2D eigenvalue weighted by atomic mass is 9.93. The fraction of sp³-hybridized carbons (Fsp3) is 0.455. The van der Waals surface area contributed by atoms with E-state index >= 15 is 0 Å². The van der Waals surface area contributed by atoms with E-state index in [1.807, 2.05) is 26.0 Å². The third-order valence-electron chi connectivity index (χ3n) is 5.45. The monoisotopic (exact) mass is 411 g/mol. The van der Waals surface area contributed by atoms with Gasteiger partial charge in [-0.05, 0) is 23.0 Å². The summed E-state index contributed by atoms with van der Waals surface area (Å²) in [5.74, 6) is 0.177. The number of rotatable bonds is 6. The van der Waals surface area contributed by atoms with Crippen molar-refractivity contribution in [1.29, 1.82) is 0 Å². The zero-order valence-corrected chi connectivity index (χ0v) is 18.3. The maximum Gasteiger partial charge on any atom is 0.332 e. The highest BCUT2D eigenvalue weighted by molar-refractivity contribution is 5.77. The maximum absolute atomic E-state index is 12.8. The highest BCUT2D eigenvalue weighted by Crippen LogP contribution is 2.24. The van der Waals surface area contributed by atoms with Gasteiger partial charge in [0.15, 0.2) is 11.2 Å². The minimum absolute atomic E-state index is 0.137. The van der Waals surface area contributed by atoms with Gasteiger partial charge in [0, 0.05) is 14.1 Å². The van der Waals surface area contributed by atoms with Crippen molar-refractivity contribution in [3.05, 3.63) is 62.6 Å². The molecular formula is C22H29N5O3. The molecule has 0 saturated heterocycles. The summed E-state index contributed by atoms with van der Waals surface area (Å²) < 4.78 is 3.80. The third-order valence-corrected chi connectivity index (χ3v) is 5.45. The number of fused-ring (bicyclic) bond motifs is 1. The molecule has 0 bridgehead atoms. The quantitative estimate of drug-likeness (QED) is 0.672. The standard InChI is InChI=1S/C22H29N5O3/c1-13(2)15-7-9-16(10-8-15)18(14(3)4)24-17(28)11-27-21(29)19-20(23-12-25(19)5)26(6)22(27)30/h7-10,12-14,18H,11H2,1-6H3,(H,24,28). The molecule has 3 aromatic rings. The second kappa shape index (κ2) is 8.30. The van der Waals surface area contributed by atoms with Crippen molar-refractivity contribution < 1.29 is 4.79 Å². The summed E-state index contributed by atoms with van der Waals surface area (Å²) in [5, 5.41) is 2.99. The van der Waals surface area contributed by atoms with Gasteiger partial charge in [-0.3, -0.25) is 14.2 Å². The third kappa shape index (κ3) is 3.94. The SMILES string of the molecule is CC(C)c1ccc(C(NC(=O)Cn2c(=O)c3c(ncn3C)n(C)c2=O)C(C)C)cc1. The van der Waals surface area contributed by atoms with Gasteiger partial charge in [0.2, 0.25) is 5.91 Å². The molecule has 3 rings (SSSR count). The van der Waals surface area contributed by atoms with E-state index in [0.29, 0.717) is 11.6 Å². The molecule has 0 fully saturated rings. The van der Waals surface area contributed by atoms with E-state index in [4.69, 9.17) is 0 Å². The van der Waals surface area contributed by atoms with Crippen molar-refractivity contribution in [2.75, 3.05) is 0 Å². The van der Waals surface area contributed by atoms with Gasteiger partial charge in [-0.15, -0.1) is 0 Å². The largest absolute Gasteiger partial charge is 0.347 e. The number of nitrogens with zero attached hydrogens (tertiary/aromatic N) is 4. The molecular weight excluding hydrogens is 382 g/mol. The van der Waals surface area contributed by atoms with Gasteiger partial charge in [-0.25, -0.2) is 14.3 Å². The Bertz CT molecular complexity index is 1180. The molecule has 0 radical (unpaired) electrons. The molecule has 2 aromatic heterocycles. The number of carbonyl (C=O) groups is 1. The Morgan fingerprint density at radius 2 is 1.63 bits per heavy atom. The lowest BCUT2D eigenvalue weighted by Gasteiger charge is -2.23. The van der Waals surface area contributed by atoms with Crippen LogP contribution >= 0.6 is 0 Å². The van der Waals surface area contributed by atoms with Crippen LogP contribution in [0.2, 0.25) is 0 Å². The van der Waals surface area contributed by atoms with Gasteiger partial charge in [0.1, 0.15) is 6.54 Å². The van der Waals surface area contributed by atoms with E-state index in [1.54, 1.807) is 18.7 Å². The zero-order chi connectivity index (χ0) is 22.2. The summed E-state index contributed by atoms with van der Waals surface area (Å²) in [6.07, 6.45) is 1.48. The average Bonchev–Trinajstić information content (AvgIpc) is 3.09. The number of benzene rings is 1. The van der Waals surface area contributed by atoms with Crippen molar-refractivity contribution in [2.45, 2.75) is 46.2 Å². The van der Waals surface area contributed by atoms with E-state index in [-0.39, 0.29) is 29.9 Å². The molecule has 8 nitrogen and oxygen atoms in total. The molecule has 8 heteroatoms. The van der Waals surface area contributed by atoms with Crippen LogP contribution in [0.5, 0.6) is 0 Å². The summed E-state index contributed by atoms with van der Waals surface area (Å²) in [4.78, 5) is 42.4. The number of hydrogen-bond donors (Lipinski definition) is 1. The molecule has 0 saturated carbocycles. The Kier molecular flexibility index (Phi) is 5.96. The number of aryl methyl sites for hydroxylation is 2. The van der Waals surface area contributed by atoms with Crippen molar-refractivity contribution in [2.24, 2.45) is 20.0 Å². The number of imidazole rings is 1. The molecule has 1 amide bonds. The summed E-state index contributed by atoms with van der Waals surface area (Å²) in [6, 6.07) is 7.95. The second-order valence-electron chi connectivity index (χ2n) is 8.37. The van der Waals surface area contributed by atoms with Crippen LogP contribution in [0.15, 0.2) is 40.2 Å². The van der Waals surface area contributed by atoms with Gasteiger partial charge < -0.3 is 9.88 Å². The number of aromatic nitrogens is 4.